The fourth-order valence-electron chi connectivity index (χ4n) is 9.60. The van der Waals surface area contributed by atoms with E-state index in [1.54, 1.807) is 31.8 Å². The Hall–Kier alpha value is -5.58. The largest absolute Gasteiger partial charge is 0.494 e. The number of rotatable bonds is 22. The van der Waals surface area contributed by atoms with Gasteiger partial charge >= 0.3 is 0 Å². The molecule has 5 N–H and O–H groups in total. The third-order valence-electron chi connectivity index (χ3n) is 13.8. The van der Waals surface area contributed by atoms with Gasteiger partial charge in [0.25, 0.3) is 0 Å². The Morgan fingerprint density at radius 1 is 0.905 bits per heavy atom. The molecule has 4 unspecified atom stereocenters. The van der Waals surface area contributed by atoms with Crippen LogP contribution in [-0.4, -0.2) is 125 Å². The van der Waals surface area contributed by atoms with E-state index in [0.717, 1.165) is 98.6 Å². The van der Waals surface area contributed by atoms with Gasteiger partial charge in [-0.15, -0.1) is 11.3 Å². The predicted molar refractivity (Wildman–Crippen MR) is 299 cm³/mol. The molecule has 7 rings (SSSR count). The van der Waals surface area contributed by atoms with E-state index >= 15 is 0 Å². The summed E-state index contributed by atoms with van der Waals surface area (Å²) in [5.74, 6) is 0.518. The lowest BCUT2D eigenvalue weighted by Crippen LogP contribution is -2.57. The molecular formula is C55H74ClN10O6PS. The number of nitrogens with one attached hydrogen (secondary N) is 4. The summed E-state index contributed by atoms with van der Waals surface area (Å²) >= 11 is 8.08. The van der Waals surface area contributed by atoms with Crippen LogP contribution in [0.2, 0.25) is 5.02 Å². The van der Waals surface area contributed by atoms with E-state index in [-0.39, 0.29) is 36.7 Å². The first-order valence-corrected chi connectivity index (χ1v) is 29.6. The Balaban J connectivity index is 0.794. The quantitative estimate of drug-likeness (QED) is 0.0325. The molecule has 0 radical (unpaired) electrons. The number of hydrogen-bond acceptors (Lipinski definition) is 14. The molecular weight excluding hydrogens is 995 g/mol. The number of benzene rings is 3. The van der Waals surface area contributed by atoms with E-state index in [1.165, 1.54) is 11.1 Å². The highest BCUT2D eigenvalue weighted by atomic mass is 35.5. The monoisotopic (exact) mass is 1070 g/mol. The van der Waals surface area contributed by atoms with E-state index < -0.39 is 30.7 Å². The molecule has 3 aromatic carbocycles. The highest BCUT2D eigenvalue weighted by Crippen LogP contribution is 2.39. The summed E-state index contributed by atoms with van der Waals surface area (Å²) in [6.45, 7) is 17.9. The number of thiazole rings is 1. The molecule has 74 heavy (non-hydrogen) atoms. The molecule has 2 saturated heterocycles. The molecule has 2 aliphatic heterocycles. The number of hydrogen-bond donors (Lipinski definition) is 5. The first-order chi connectivity index (χ1) is 35.3. The first kappa shape index (κ1) is 56.2. The number of likely N-dealkylation sites (tertiary alicyclic amines) is 1. The van der Waals surface area contributed by atoms with Crippen LogP contribution >= 0.6 is 30.1 Å². The van der Waals surface area contributed by atoms with Crippen molar-refractivity contribution >= 4 is 81.9 Å². The van der Waals surface area contributed by atoms with Crippen molar-refractivity contribution < 1.29 is 28.8 Å². The minimum atomic E-state index is -2.56. The summed E-state index contributed by atoms with van der Waals surface area (Å²) < 4.78 is 18.7. The number of aryl methyl sites for hydroxylation is 1. The zero-order valence-electron chi connectivity index (χ0n) is 44.1. The van der Waals surface area contributed by atoms with Gasteiger partial charge in [0.05, 0.1) is 52.9 Å². The average molecular weight is 1070 g/mol. The molecule has 3 amide bonds. The van der Waals surface area contributed by atoms with Crippen LogP contribution in [0, 0.1) is 12.3 Å². The van der Waals surface area contributed by atoms with E-state index in [0.29, 0.717) is 45.6 Å². The van der Waals surface area contributed by atoms with Crippen LogP contribution in [0.25, 0.3) is 10.4 Å². The maximum absolute atomic E-state index is 14.1. The molecule has 5 aromatic rings. The number of anilines is 5. The van der Waals surface area contributed by atoms with Gasteiger partial charge in [0.2, 0.25) is 23.7 Å². The van der Waals surface area contributed by atoms with Crippen LogP contribution < -0.4 is 36.2 Å². The summed E-state index contributed by atoms with van der Waals surface area (Å²) in [6, 6.07) is 19.5. The van der Waals surface area contributed by atoms with Crippen LogP contribution in [0.3, 0.4) is 0 Å². The van der Waals surface area contributed by atoms with Crippen molar-refractivity contribution in [3.05, 3.63) is 94.7 Å². The van der Waals surface area contributed by atoms with Crippen molar-refractivity contribution in [2.45, 2.75) is 110 Å². The van der Waals surface area contributed by atoms with Gasteiger partial charge in [-0.25, -0.2) is 9.97 Å². The smallest absolute Gasteiger partial charge is 0.246 e. The maximum atomic E-state index is 14.1. The molecule has 2 aliphatic rings. The summed E-state index contributed by atoms with van der Waals surface area (Å²) in [7, 11) is -0.916. The Labute approximate surface area is 445 Å². The van der Waals surface area contributed by atoms with Gasteiger partial charge in [0, 0.05) is 62.6 Å². The number of aliphatic hydroxyl groups excluding tert-OH is 1. The van der Waals surface area contributed by atoms with E-state index in [9.17, 15) is 24.1 Å². The Kier molecular flexibility index (Phi) is 19.2. The van der Waals surface area contributed by atoms with Gasteiger partial charge in [-0.2, -0.15) is 4.98 Å². The van der Waals surface area contributed by atoms with Crippen LogP contribution in [0.4, 0.5) is 28.8 Å². The van der Waals surface area contributed by atoms with Crippen LogP contribution in [-0.2, 0) is 18.9 Å². The van der Waals surface area contributed by atoms with E-state index in [4.69, 9.17) is 16.3 Å². The zero-order chi connectivity index (χ0) is 53.2. The van der Waals surface area contributed by atoms with Gasteiger partial charge in [-0.1, -0.05) is 94.5 Å². The van der Waals surface area contributed by atoms with Crippen molar-refractivity contribution in [2.24, 2.45) is 5.41 Å². The number of methoxy groups -OCH3 is 1. The van der Waals surface area contributed by atoms with Crippen molar-refractivity contribution in [1.29, 1.82) is 0 Å². The highest BCUT2D eigenvalue weighted by molar-refractivity contribution is 7.70. The summed E-state index contributed by atoms with van der Waals surface area (Å²) in [6.07, 6.45) is 7.14. The number of nitrogens with zero attached hydrogens (tertiary/aromatic N) is 6. The summed E-state index contributed by atoms with van der Waals surface area (Å²) in [5.41, 5.74) is 6.64. The second-order valence-corrected chi connectivity index (χ2v) is 25.4. The van der Waals surface area contributed by atoms with Crippen LogP contribution in [0.5, 0.6) is 5.75 Å². The number of carbonyl (C=O) groups excluding carboxylic acids is 3. The SMILES string of the molecule is COc1cc(N2CCN(CCCCCCCCC(=O)NC(C(=O)N3CC(O)CC3C(=O)NC(C)c3ccc(-c4scnc4C)cc3)C(C)(C)C)CC2)ccc1Nc1ncc(Cl)c(Nc2ccccc2P(C)(C)=O)n1. The number of aliphatic hydroxyl groups is 1. The molecule has 0 spiro atoms. The average Bonchev–Trinajstić information content (AvgIpc) is 3.99. The van der Waals surface area contributed by atoms with Crippen molar-refractivity contribution in [3.8, 4) is 16.2 Å². The third kappa shape index (κ3) is 14.8. The molecule has 16 nitrogen and oxygen atoms in total. The standard InChI is InChI=1S/C55H74ClN10O6PS/c1-36(38-20-22-39(23-21-38)49-37(2)58-35-74-49)59-52(69)45-32-41(67)34-66(45)53(70)50(55(3,4)5)62-48(68)19-13-11-9-10-12-16-26-64-27-29-65(30-28-64)40-24-25-43(46(31-40)72-6)61-54-57-33-42(56)51(63-54)60-44-17-14-15-18-47(44)73(7,8)71/h14-15,17-18,20-25,31,33,35-36,41,45,50,67H,9-13,16,19,26-30,32,34H2,1-8H3,(H,59,69)(H,62,68)(H2,57,60,61,63). The minimum absolute atomic E-state index is 0.0309. The van der Waals surface area contributed by atoms with E-state index in [2.05, 4.69) is 52.1 Å². The minimum Gasteiger partial charge on any atom is -0.494 e. The number of unbranched alkanes of at least 4 members (excludes halogenated alkanes) is 5. The number of ether oxygens (including phenoxy) is 1. The predicted octanol–water partition coefficient (Wildman–Crippen LogP) is 9.53. The fraction of sp³-hybridized carbons (Fsp3) is 0.491. The number of para-hydroxylation sites is 1. The summed E-state index contributed by atoms with van der Waals surface area (Å²) in [4.78, 5) is 62.0. The van der Waals surface area contributed by atoms with Crippen LogP contribution in [0.15, 0.2) is 78.4 Å². The fourth-order valence-corrected chi connectivity index (χ4v) is 11.7. The van der Waals surface area contributed by atoms with Gasteiger partial charge in [-0.3, -0.25) is 19.3 Å². The number of halogens is 1. The van der Waals surface area contributed by atoms with Gasteiger partial charge in [0.1, 0.15) is 30.0 Å². The topological polar surface area (TPSA) is 194 Å². The number of β-amino-alcohol motifs (C(OH)–C–C–N with tert-alkyl or cyclic N) is 1. The lowest BCUT2D eigenvalue weighted by molar-refractivity contribution is -0.144. The maximum Gasteiger partial charge on any atom is 0.246 e. The lowest BCUT2D eigenvalue weighted by atomic mass is 9.85. The van der Waals surface area contributed by atoms with Crippen molar-refractivity contribution in [1.82, 2.24) is 35.4 Å². The first-order valence-electron chi connectivity index (χ1n) is 25.7. The van der Waals surface area contributed by atoms with Gasteiger partial charge < -0.3 is 45.5 Å². The van der Waals surface area contributed by atoms with E-state index in [1.807, 2.05) is 101 Å². The number of piperazine rings is 1. The van der Waals surface area contributed by atoms with Gasteiger partial charge in [0.15, 0.2) is 5.82 Å². The summed E-state index contributed by atoms with van der Waals surface area (Å²) in [5, 5.41) is 24.3. The van der Waals surface area contributed by atoms with Gasteiger partial charge in [-0.05, 0) is 87.4 Å². The Bertz CT molecular complexity index is 2760. The van der Waals surface area contributed by atoms with Crippen molar-refractivity contribution in [3.63, 3.8) is 0 Å². The second-order valence-electron chi connectivity index (χ2n) is 21.0. The molecule has 19 heteroatoms. The zero-order valence-corrected chi connectivity index (χ0v) is 46.6. The molecule has 2 fully saturated rings. The number of carbonyl (C=O) groups is 3. The molecule has 398 valence electrons. The molecule has 4 atom stereocenters. The lowest BCUT2D eigenvalue weighted by Gasteiger charge is -2.36. The molecule has 0 aliphatic carbocycles. The Morgan fingerprint density at radius 3 is 2.28 bits per heavy atom. The molecule has 0 saturated carbocycles. The molecule has 2 aromatic heterocycles. The highest BCUT2D eigenvalue weighted by Gasteiger charge is 2.44. The number of aromatic nitrogens is 3. The third-order valence-corrected chi connectivity index (χ3v) is 16.6. The Morgan fingerprint density at radius 2 is 1.61 bits per heavy atom. The molecule has 4 heterocycles. The normalized spacial score (nSPS) is 17.2. The number of amides is 3. The van der Waals surface area contributed by atoms with Crippen LogP contribution in [0.1, 0.15) is 96.4 Å². The molecule has 0 bridgehead atoms. The second kappa shape index (κ2) is 25.3. The van der Waals surface area contributed by atoms with Crippen molar-refractivity contribution in [2.75, 3.05) is 75.2 Å².